The van der Waals surface area contributed by atoms with Crippen molar-refractivity contribution in [3.05, 3.63) is 92.9 Å². The van der Waals surface area contributed by atoms with Crippen molar-refractivity contribution in [3.63, 3.8) is 0 Å². The monoisotopic (exact) mass is 924 g/mol. The summed E-state index contributed by atoms with van der Waals surface area (Å²) in [7, 11) is 0. The molecule has 0 saturated heterocycles. The molecule has 55 heavy (non-hydrogen) atoms. The van der Waals surface area contributed by atoms with E-state index >= 15 is 0 Å². The van der Waals surface area contributed by atoms with Crippen molar-refractivity contribution in [1.29, 1.82) is 0 Å². The Labute approximate surface area is 344 Å². The number of carbonyl (C=O) groups excluding carboxylic acids is 2. The fourth-order valence-corrected chi connectivity index (χ4v) is 38.8. The summed E-state index contributed by atoms with van der Waals surface area (Å²) in [5.74, 6) is -0.0232. The molecular weight excluding hydrogens is 844 g/mol. The van der Waals surface area contributed by atoms with E-state index in [9.17, 15) is 9.59 Å². The third kappa shape index (κ3) is 13.6. The number of esters is 2. The first-order valence-corrected chi connectivity index (χ1v) is 35.4. The van der Waals surface area contributed by atoms with Crippen molar-refractivity contribution in [2.24, 2.45) is 17.3 Å². The van der Waals surface area contributed by atoms with Crippen LogP contribution in [-0.4, -0.2) is 56.8 Å². The van der Waals surface area contributed by atoms with Crippen molar-refractivity contribution >= 4 is 43.6 Å². The van der Waals surface area contributed by atoms with Crippen LogP contribution >= 0.6 is 0 Å². The van der Waals surface area contributed by atoms with E-state index < -0.39 is 37.1 Å². The van der Waals surface area contributed by atoms with Crippen molar-refractivity contribution in [3.8, 4) is 0 Å². The Kier molecular flexibility index (Phi) is 21.5. The van der Waals surface area contributed by atoms with E-state index in [0.29, 0.717) is 23.0 Å². The van der Waals surface area contributed by atoms with E-state index in [1.54, 1.807) is 7.99 Å². The van der Waals surface area contributed by atoms with Crippen molar-refractivity contribution < 1.29 is 19.1 Å². The molecule has 0 amide bonds. The summed E-state index contributed by atoms with van der Waals surface area (Å²) in [6, 6.07) is 18.7. The molecule has 6 heteroatoms. The third-order valence-corrected chi connectivity index (χ3v) is 41.2. The van der Waals surface area contributed by atoms with Crippen LogP contribution in [0.25, 0.3) is 0 Å². The van der Waals surface area contributed by atoms with Crippen LogP contribution < -0.4 is 0 Å². The zero-order chi connectivity index (χ0) is 40.2. The molecule has 0 aliphatic heterocycles. The molecule has 3 rings (SSSR count). The van der Waals surface area contributed by atoms with Gasteiger partial charge in [-0.1, -0.05) is 0 Å². The van der Waals surface area contributed by atoms with Crippen LogP contribution in [0.2, 0.25) is 29.1 Å². The van der Waals surface area contributed by atoms with Gasteiger partial charge in [-0.25, -0.2) is 0 Å². The zero-order valence-corrected chi connectivity index (χ0v) is 41.0. The first kappa shape index (κ1) is 47.6. The second kappa shape index (κ2) is 24.9. The van der Waals surface area contributed by atoms with Crippen LogP contribution in [0, 0.1) is 17.3 Å². The summed E-state index contributed by atoms with van der Waals surface area (Å²) < 4.78 is 20.0. The van der Waals surface area contributed by atoms with Gasteiger partial charge in [-0.15, -0.1) is 0 Å². The minimum absolute atomic E-state index is 0.233. The Hall–Kier alpha value is -1.80. The minimum atomic E-state index is -2.96. The van der Waals surface area contributed by atoms with Crippen molar-refractivity contribution in [2.45, 2.75) is 161 Å². The van der Waals surface area contributed by atoms with Crippen LogP contribution in [-0.2, 0) is 9.47 Å². The van der Waals surface area contributed by atoms with E-state index in [-0.39, 0.29) is 25.2 Å². The Morgan fingerprint density at radius 3 is 1.33 bits per heavy atom. The van der Waals surface area contributed by atoms with Gasteiger partial charge in [-0.05, 0) is 0 Å². The van der Waals surface area contributed by atoms with Gasteiger partial charge in [-0.2, -0.15) is 0 Å². The van der Waals surface area contributed by atoms with Gasteiger partial charge < -0.3 is 0 Å². The van der Waals surface area contributed by atoms with E-state index in [1.165, 1.54) is 106 Å². The topological polar surface area (TPSA) is 52.6 Å². The van der Waals surface area contributed by atoms with Gasteiger partial charge in [0.2, 0.25) is 0 Å². The number of allylic oxidation sites excluding steroid dienone is 2. The van der Waals surface area contributed by atoms with Gasteiger partial charge in [0, 0.05) is 0 Å². The molecule has 0 N–H and O–H groups in total. The molecule has 2 aromatic rings. The number of hydrogen-bond donors (Lipinski definition) is 0. The average Bonchev–Trinajstić information content (AvgIpc) is 3.61. The average molecular weight is 922 g/mol. The van der Waals surface area contributed by atoms with E-state index in [1.807, 2.05) is 60.7 Å². The van der Waals surface area contributed by atoms with Gasteiger partial charge in [0.15, 0.2) is 0 Å². The molecule has 0 heterocycles. The quantitative estimate of drug-likeness (QED) is 0.0630. The van der Waals surface area contributed by atoms with E-state index in [4.69, 9.17) is 22.6 Å². The summed E-state index contributed by atoms with van der Waals surface area (Å²) in [5, 5.41) is 4.08. The molecule has 1 fully saturated rings. The Balaban J connectivity index is 2.21. The Bertz CT molecular complexity index is 1290. The molecule has 2 atom stereocenters. The first-order valence-electron chi connectivity index (χ1n) is 22.4. The number of ether oxygens (including phenoxy) is 2. The summed E-state index contributed by atoms with van der Waals surface area (Å²) in [6.45, 7) is 25.1. The molecule has 0 spiro atoms. The maximum absolute atomic E-state index is 13.6. The van der Waals surface area contributed by atoms with Gasteiger partial charge >= 0.3 is 347 Å². The number of unbranched alkanes of at least 4 members (excludes halogenated alkanes) is 6. The van der Waals surface area contributed by atoms with Gasteiger partial charge in [0.05, 0.1) is 0 Å². The van der Waals surface area contributed by atoms with E-state index in [2.05, 4.69) is 41.5 Å². The summed E-state index contributed by atoms with van der Waals surface area (Å²) in [5.41, 5.74) is 0.600. The van der Waals surface area contributed by atoms with Crippen LogP contribution in [0.5, 0.6) is 0 Å². The summed E-state index contributed by atoms with van der Waals surface area (Å²) >= 11 is -5.60. The Morgan fingerprint density at radius 1 is 0.600 bits per heavy atom. The molecule has 0 radical (unpaired) electrons. The fourth-order valence-electron chi connectivity index (χ4n) is 9.65. The second-order valence-corrected chi connectivity index (χ2v) is 40.5. The molecule has 0 unspecified atom stereocenters. The number of carbonyl (C=O) groups is 2. The van der Waals surface area contributed by atoms with Crippen LogP contribution in [0.3, 0.4) is 0 Å². The van der Waals surface area contributed by atoms with Gasteiger partial charge in [-0.3, -0.25) is 0 Å². The fraction of sp³-hybridized carbons (Fsp3) is 0.633. The molecule has 306 valence electrons. The summed E-state index contributed by atoms with van der Waals surface area (Å²) in [4.78, 5) is 27.2. The zero-order valence-electron chi connectivity index (χ0n) is 36.0. The van der Waals surface area contributed by atoms with Crippen LogP contribution in [0.4, 0.5) is 0 Å². The number of rotatable bonds is 28. The summed E-state index contributed by atoms with van der Waals surface area (Å²) in [6.07, 6.45) is 16.8. The van der Waals surface area contributed by atoms with Gasteiger partial charge in [0.25, 0.3) is 0 Å². The molecular formula is C49H78GeO4Sn. The Morgan fingerprint density at radius 2 is 0.964 bits per heavy atom. The molecule has 1 aliphatic carbocycles. The predicted molar refractivity (Wildman–Crippen MR) is 240 cm³/mol. The first-order chi connectivity index (χ1) is 26.6. The molecule has 0 bridgehead atoms. The number of benzene rings is 2. The molecule has 2 aromatic carbocycles. The molecule has 0 aromatic heterocycles. The molecule has 1 saturated carbocycles. The molecule has 4 nitrogen and oxygen atoms in total. The van der Waals surface area contributed by atoms with Crippen LogP contribution in [0.1, 0.15) is 152 Å². The standard InChI is InChI=1S/C37H51GeO4.3C4H9.Sn/c1-6-10-23-38(24-11-7-2,25-12-8-3)30(5)34-27-37(26-31(34)9-4,28-41-35(39)32-19-15-13-16-20-32)29-42-36(40)33-21-17-14-18-22-33;3*1-3-4-2;/h13-22,31,34H,4-8,10-12,23-29H2,1-3H3;3*1,3-4H2,2H3;/t31-,34-;;;;/m1..../s1. The number of hydrogen-bond acceptors (Lipinski definition) is 4. The normalized spacial score (nSPS) is 16.8. The SMILES string of the molecule is C=[C]([C@H]1CC(COC(=O)c2ccccc2)(COC(=O)c2ccccc2)C[C@H]1[C](=C)[Sn]([CH2]CCC)([CH2]CCC)[CH2]CCC)[Ge]([CH2]CCC)([CH2]CCC)[CH2]CCC. The maximum atomic E-state index is 13.6. The third-order valence-electron chi connectivity index (χ3n) is 13.1. The van der Waals surface area contributed by atoms with Crippen molar-refractivity contribution in [2.75, 3.05) is 13.2 Å². The van der Waals surface area contributed by atoms with Crippen LogP contribution in [0.15, 0.2) is 81.8 Å². The van der Waals surface area contributed by atoms with E-state index in [0.717, 1.165) is 12.8 Å². The van der Waals surface area contributed by atoms with Crippen molar-refractivity contribution in [1.82, 2.24) is 0 Å². The predicted octanol–water partition coefficient (Wildman–Crippen LogP) is 14.6. The molecule has 1 aliphatic rings. The second-order valence-electron chi connectivity index (χ2n) is 17.2. The van der Waals surface area contributed by atoms with Gasteiger partial charge in [0.1, 0.15) is 0 Å².